The highest BCUT2D eigenvalue weighted by atomic mass is 16.6. The first-order chi connectivity index (χ1) is 24.4. The van der Waals surface area contributed by atoms with Gasteiger partial charge in [-0.15, -0.1) is 0 Å². The van der Waals surface area contributed by atoms with Gasteiger partial charge < -0.3 is 45.9 Å². The summed E-state index contributed by atoms with van der Waals surface area (Å²) in [6, 6.07) is 25.5. The number of carbonyl (C=O) groups is 1. The van der Waals surface area contributed by atoms with Crippen LogP contribution in [0.3, 0.4) is 0 Å². The maximum Gasteiger partial charge on any atom is 0.407 e. The molecule has 0 aliphatic carbocycles. The molecule has 14 nitrogen and oxygen atoms in total. The summed E-state index contributed by atoms with van der Waals surface area (Å²) in [5, 5.41) is 37.0. The Balaban J connectivity index is 1.09. The van der Waals surface area contributed by atoms with E-state index >= 15 is 0 Å². The molecule has 1 aliphatic rings. The molecule has 1 fully saturated rings. The Morgan fingerprint density at radius 1 is 0.940 bits per heavy atom. The molecule has 3 heterocycles. The van der Waals surface area contributed by atoms with Crippen molar-refractivity contribution in [3.63, 3.8) is 0 Å². The zero-order valence-electron chi connectivity index (χ0n) is 27.4. The Kier molecular flexibility index (Phi) is 11.4. The number of nitrogen functional groups attached to an aromatic ring is 1. The molecule has 262 valence electrons. The van der Waals surface area contributed by atoms with Gasteiger partial charge in [0.2, 0.25) is 5.95 Å². The third-order valence-electron chi connectivity index (χ3n) is 8.42. The predicted molar refractivity (Wildman–Crippen MR) is 186 cm³/mol. The summed E-state index contributed by atoms with van der Waals surface area (Å²) in [6.07, 6.45) is -1.46. The quantitative estimate of drug-likeness (QED) is 0.0875. The van der Waals surface area contributed by atoms with Gasteiger partial charge in [0, 0.05) is 18.7 Å². The Morgan fingerprint density at radius 3 is 2.48 bits per heavy atom. The lowest BCUT2D eigenvalue weighted by atomic mass is 10.0. The van der Waals surface area contributed by atoms with Crippen LogP contribution in [0, 0.1) is 0 Å². The van der Waals surface area contributed by atoms with Crippen LogP contribution in [0.15, 0.2) is 85.2 Å². The van der Waals surface area contributed by atoms with Gasteiger partial charge >= 0.3 is 6.09 Å². The van der Waals surface area contributed by atoms with E-state index in [2.05, 4.69) is 25.6 Å². The summed E-state index contributed by atoms with van der Waals surface area (Å²) in [4.78, 5) is 24.9. The Morgan fingerprint density at radius 2 is 1.72 bits per heavy atom. The van der Waals surface area contributed by atoms with Crippen molar-refractivity contribution in [2.75, 3.05) is 30.8 Å². The molecule has 1 aliphatic heterocycles. The molecule has 1 amide bonds. The van der Waals surface area contributed by atoms with Gasteiger partial charge in [-0.25, -0.2) is 19.7 Å². The van der Waals surface area contributed by atoms with Crippen LogP contribution in [-0.2, 0) is 22.6 Å². The molecule has 6 rings (SSSR count). The number of nitrogens with two attached hydrogens (primary N) is 1. The van der Waals surface area contributed by atoms with Crippen molar-refractivity contribution in [2.24, 2.45) is 0 Å². The number of fused-ring (bicyclic) bond motifs is 1. The highest BCUT2D eigenvalue weighted by molar-refractivity contribution is 5.84. The summed E-state index contributed by atoms with van der Waals surface area (Å²) < 4.78 is 18.9. The third-order valence-corrected chi connectivity index (χ3v) is 8.42. The number of carbonyl (C=O) groups excluding carboxylic acids is 1. The van der Waals surface area contributed by atoms with Crippen LogP contribution in [0.2, 0.25) is 0 Å². The lowest BCUT2D eigenvalue weighted by molar-refractivity contribution is -0.0501. The summed E-state index contributed by atoms with van der Waals surface area (Å²) >= 11 is 0. The first-order valence-electron chi connectivity index (χ1n) is 16.5. The fraction of sp³-hybridized carbons (Fsp3) is 0.333. The van der Waals surface area contributed by atoms with E-state index in [1.165, 1.54) is 10.9 Å². The van der Waals surface area contributed by atoms with Gasteiger partial charge in [-0.2, -0.15) is 0 Å². The van der Waals surface area contributed by atoms with Gasteiger partial charge in [0.1, 0.15) is 37.0 Å². The number of nitrogens with one attached hydrogen (secondary N) is 2. The largest absolute Gasteiger partial charge is 0.493 e. The molecule has 50 heavy (non-hydrogen) atoms. The predicted octanol–water partition coefficient (Wildman–Crippen LogP) is 3.77. The molecule has 0 spiro atoms. The standard InChI is InChI=1S/C36H41N7O7/c37-32-29-33(41-22-40-32)43(34-31(46)30(45)28(20-44)50-34)35(42-29)39-19-24-14-15-26(25-12-6-2-7-13-25)27(18-24)48-17-9-3-8-16-38-36(47)49-21-23-10-4-1-5-11-23/h1-2,4-7,10-15,18,22,28,30-31,34,44-46H,3,8-9,16-17,19-21H2,(H,38,47)(H,39,42)(H2,37,40,41)/t28-,30-,31-,34-/m1/s1. The van der Waals surface area contributed by atoms with Gasteiger partial charge in [-0.05, 0) is 42.0 Å². The number of hydrogen-bond donors (Lipinski definition) is 6. The van der Waals surface area contributed by atoms with E-state index in [0.717, 1.165) is 41.5 Å². The number of unbranched alkanes of at least 4 members (excludes halogenated alkanes) is 2. The summed E-state index contributed by atoms with van der Waals surface area (Å²) in [6.45, 7) is 1.06. The minimum atomic E-state index is -1.35. The number of benzene rings is 3. The zero-order valence-corrected chi connectivity index (χ0v) is 27.4. The smallest absolute Gasteiger partial charge is 0.407 e. The number of aliphatic hydroxyl groups is 3. The first-order valence-corrected chi connectivity index (χ1v) is 16.5. The number of ether oxygens (including phenoxy) is 3. The molecule has 0 bridgehead atoms. The topological polar surface area (TPSA) is 199 Å². The van der Waals surface area contributed by atoms with Crippen molar-refractivity contribution >= 4 is 29.0 Å². The normalized spacial score (nSPS) is 18.6. The maximum atomic E-state index is 12.0. The van der Waals surface area contributed by atoms with Crippen LogP contribution < -0.4 is 21.1 Å². The van der Waals surface area contributed by atoms with Crippen molar-refractivity contribution in [1.82, 2.24) is 24.8 Å². The number of imidazole rings is 1. The Bertz CT molecular complexity index is 1860. The molecule has 1 saturated heterocycles. The molecular formula is C36H41N7O7. The lowest BCUT2D eigenvalue weighted by Gasteiger charge is -2.20. The van der Waals surface area contributed by atoms with Gasteiger partial charge in [-0.3, -0.25) is 4.57 Å². The number of alkyl carbamates (subject to hydrolysis) is 1. The SMILES string of the molecule is Nc1ncnc2c1nc(NCc1ccc(-c3ccccc3)c(OCCCCCNC(=O)OCc3ccccc3)c1)n2[C@@H]1O[C@H](CO)[C@@H](O)[C@H]1O. The van der Waals surface area contributed by atoms with Crippen molar-refractivity contribution < 1.29 is 34.3 Å². The van der Waals surface area contributed by atoms with E-state index in [9.17, 15) is 20.1 Å². The van der Waals surface area contributed by atoms with Crippen molar-refractivity contribution in [3.05, 3.63) is 96.3 Å². The zero-order chi connectivity index (χ0) is 34.9. The molecule has 7 N–H and O–H groups in total. The van der Waals surface area contributed by atoms with Crippen LogP contribution in [-0.4, -0.2) is 79.0 Å². The minimum Gasteiger partial charge on any atom is -0.493 e. The number of aromatic nitrogens is 4. The molecule has 5 aromatic rings. The molecule has 0 unspecified atom stereocenters. The van der Waals surface area contributed by atoms with E-state index in [-0.39, 0.29) is 18.4 Å². The number of rotatable bonds is 15. The van der Waals surface area contributed by atoms with Gasteiger partial charge in [0.25, 0.3) is 0 Å². The number of aliphatic hydroxyl groups excluding tert-OH is 3. The average Bonchev–Trinajstić information content (AvgIpc) is 3.66. The van der Waals surface area contributed by atoms with Gasteiger partial charge in [-0.1, -0.05) is 72.8 Å². The average molecular weight is 684 g/mol. The Hall–Kier alpha value is -5.28. The molecule has 3 aromatic carbocycles. The van der Waals surface area contributed by atoms with E-state index in [1.807, 2.05) is 78.9 Å². The van der Waals surface area contributed by atoms with Crippen molar-refractivity contribution in [3.8, 4) is 16.9 Å². The highest BCUT2D eigenvalue weighted by Gasteiger charge is 2.45. The molecular weight excluding hydrogens is 642 g/mol. The molecule has 14 heteroatoms. The van der Waals surface area contributed by atoms with E-state index in [4.69, 9.17) is 19.9 Å². The Labute approximate surface area is 288 Å². The number of anilines is 2. The van der Waals surface area contributed by atoms with E-state index in [1.54, 1.807) is 0 Å². The fourth-order valence-corrected chi connectivity index (χ4v) is 5.77. The second-order valence-electron chi connectivity index (χ2n) is 11.9. The van der Waals surface area contributed by atoms with Crippen LogP contribution in [0.5, 0.6) is 5.75 Å². The summed E-state index contributed by atoms with van der Waals surface area (Å²) in [5.74, 6) is 1.14. The molecule has 0 saturated carbocycles. The first kappa shape index (κ1) is 34.6. The number of hydrogen-bond acceptors (Lipinski definition) is 12. The minimum absolute atomic E-state index is 0.144. The monoisotopic (exact) mass is 683 g/mol. The van der Waals surface area contributed by atoms with Crippen LogP contribution in [0.1, 0.15) is 36.6 Å². The highest BCUT2D eigenvalue weighted by Crippen LogP contribution is 2.36. The number of amides is 1. The van der Waals surface area contributed by atoms with Crippen molar-refractivity contribution in [2.45, 2.75) is 57.0 Å². The third kappa shape index (κ3) is 8.12. The summed E-state index contributed by atoms with van der Waals surface area (Å²) in [7, 11) is 0. The van der Waals surface area contributed by atoms with Gasteiger partial charge in [0.05, 0.1) is 13.2 Å². The van der Waals surface area contributed by atoms with E-state index in [0.29, 0.717) is 36.6 Å². The molecule has 2 aromatic heterocycles. The fourth-order valence-electron chi connectivity index (χ4n) is 5.77. The maximum absolute atomic E-state index is 12.0. The van der Waals surface area contributed by atoms with Crippen LogP contribution >= 0.6 is 0 Å². The summed E-state index contributed by atoms with van der Waals surface area (Å²) in [5.41, 5.74) is 10.5. The van der Waals surface area contributed by atoms with Gasteiger partial charge in [0.15, 0.2) is 23.2 Å². The van der Waals surface area contributed by atoms with Crippen LogP contribution in [0.25, 0.3) is 22.3 Å². The van der Waals surface area contributed by atoms with E-state index < -0.39 is 37.2 Å². The van der Waals surface area contributed by atoms with Crippen molar-refractivity contribution in [1.29, 1.82) is 0 Å². The number of nitrogens with zero attached hydrogens (tertiary/aromatic N) is 4. The molecule has 0 radical (unpaired) electrons. The molecule has 4 atom stereocenters. The second kappa shape index (κ2) is 16.4. The lowest BCUT2D eigenvalue weighted by Crippen LogP contribution is -2.33. The van der Waals surface area contributed by atoms with Crippen LogP contribution in [0.4, 0.5) is 16.6 Å². The second-order valence-corrected chi connectivity index (χ2v) is 11.9.